The normalized spacial score (nSPS) is 19.8. The van der Waals surface area contributed by atoms with E-state index in [0.717, 1.165) is 40.9 Å². The van der Waals surface area contributed by atoms with Crippen LogP contribution in [0.4, 0.5) is 20.2 Å². The van der Waals surface area contributed by atoms with Crippen molar-refractivity contribution in [2.45, 2.75) is 32.5 Å². The zero-order valence-corrected chi connectivity index (χ0v) is 24.3. The van der Waals surface area contributed by atoms with Crippen molar-refractivity contribution in [1.29, 1.82) is 0 Å². The maximum absolute atomic E-state index is 16.2. The minimum absolute atomic E-state index is 0.0439. The molecule has 0 bridgehead atoms. The van der Waals surface area contributed by atoms with E-state index in [9.17, 15) is 12.8 Å². The van der Waals surface area contributed by atoms with Crippen LogP contribution in [0.25, 0.3) is 28.1 Å². The average molecular weight is 594 g/mol. The second-order valence-electron chi connectivity index (χ2n) is 10.9. The van der Waals surface area contributed by atoms with Gasteiger partial charge in [0.2, 0.25) is 0 Å². The number of hydrogen-bond acceptors (Lipinski definition) is 6. The topological polar surface area (TPSA) is 95.4 Å². The number of benzene rings is 2. The Labute approximate surface area is 244 Å². The fourth-order valence-electron chi connectivity index (χ4n) is 5.56. The van der Waals surface area contributed by atoms with E-state index in [1.54, 1.807) is 48.4 Å². The Hall–Kier alpha value is -3.87. The number of alkyl halides is 1. The Balaban J connectivity index is 1.38. The summed E-state index contributed by atoms with van der Waals surface area (Å²) in [6, 6.07) is 15.2. The molecular formula is C30H33F2N7O2S. The number of aromatic nitrogens is 3. The molecule has 0 amide bonds. The zero-order chi connectivity index (χ0) is 29.4. The fourth-order valence-corrected chi connectivity index (χ4v) is 6.82. The summed E-state index contributed by atoms with van der Waals surface area (Å²) in [5.41, 5.74) is 4.32. The van der Waals surface area contributed by atoms with Crippen LogP contribution >= 0.6 is 0 Å². The van der Waals surface area contributed by atoms with Crippen LogP contribution in [-0.4, -0.2) is 72.4 Å². The third-order valence-electron chi connectivity index (χ3n) is 7.70. The monoisotopic (exact) mass is 593 g/mol. The molecule has 2 fully saturated rings. The van der Waals surface area contributed by atoms with Crippen molar-refractivity contribution in [3.63, 3.8) is 0 Å². The van der Waals surface area contributed by atoms with Gasteiger partial charge in [0.05, 0.1) is 11.4 Å². The number of aryl methyl sites for hydroxylation is 1. The lowest BCUT2D eigenvalue weighted by molar-refractivity contribution is 0.343. The van der Waals surface area contributed by atoms with Crippen LogP contribution in [-0.2, 0) is 10.2 Å². The average Bonchev–Trinajstić information content (AvgIpc) is 3.63. The van der Waals surface area contributed by atoms with Crippen molar-refractivity contribution < 1.29 is 17.2 Å². The van der Waals surface area contributed by atoms with E-state index >= 15 is 4.39 Å². The van der Waals surface area contributed by atoms with Gasteiger partial charge in [0, 0.05) is 79.7 Å². The lowest BCUT2D eigenvalue weighted by Crippen LogP contribution is -2.49. The fraction of sp³-hybridized carbons (Fsp3) is 0.333. The molecule has 4 aromatic rings. The van der Waals surface area contributed by atoms with Gasteiger partial charge in [-0.2, -0.15) is 17.8 Å². The largest absolute Gasteiger partial charge is 0.369 e. The van der Waals surface area contributed by atoms with Gasteiger partial charge in [0.25, 0.3) is 0 Å². The van der Waals surface area contributed by atoms with Gasteiger partial charge < -0.3 is 10.2 Å². The van der Waals surface area contributed by atoms with Crippen LogP contribution < -0.4 is 14.9 Å². The summed E-state index contributed by atoms with van der Waals surface area (Å²) < 4.78 is 60.8. The molecular weight excluding hydrogens is 560 g/mol. The number of anilines is 2. The summed E-state index contributed by atoms with van der Waals surface area (Å²) in [6.45, 7) is 6.49. The van der Waals surface area contributed by atoms with Gasteiger partial charge in [-0.05, 0) is 74.4 Å². The number of halogens is 2. The molecule has 2 aromatic carbocycles. The lowest BCUT2D eigenvalue weighted by Gasteiger charge is -2.33. The van der Waals surface area contributed by atoms with E-state index in [2.05, 4.69) is 39.0 Å². The van der Waals surface area contributed by atoms with Crippen LogP contribution in [0.15, 0.2) is 67.1 Å². The molecule has 6 rings (SSSR count). The highest BCUT2D eigenvalue weighted by Gasteiger charge is 2.32. The third kappa shape index (κ3) is 5.74. The molecule has 0 radical (unpaired) electrons. The molecule has 2 atom stereocenters. The van der Waals surface area contributed by atoms with Crippen molar-refractivity contribution in [2.24, 2.45) is 0 Å². The highest BCUT2D eigenvalue weighted by Crippen LogP contribution is 2.37. The minimum Gasteiger partial charge on any atom is -0.369 e. The molecule has 2 aliphatic heterocycles. The summed E-state index contributed by atoms with van der Waals surface area (Å²) in [7, 11) is -4.13. The van der Waals surface area contributed by atoms with Gasteiger partial charge in [-0.15, -0.1) is 0 Å². The third-order valence-corrected chi connectivity index (χ3v) is 9.18. The molecule has 4 heterocycles. The summed E-state index contributed by atoms with van der Waals surface area (Å²) in [5.74, 6) is -0.738. The SMILES string of the molecule is Cc1cc(NS(=O)(=O)N2CC[C@@H](F)C2)c(F)c(-c2cn(-c3ccc(N4CCN[C@H](C)C4)cc3)nc2-c2ccncc2)c1. The Morgan fingerprint density at radius 2 is 1.74 bits per heavy atom. The Morgan fingerprint density at radius 3 is 2.43 bits per heavy atom. The number of rotatable bonds is 7. The van der Waals surface area contributed by atoms with Gasteiger partial charge in [0.15, 0.2) is 5.82 Å². The van der Waals surface area contributed by atoms with Gasteiger partial charge >= 0.3 is 10.2 Å². The Morgan fingerprint density at radius 1 is 1.00 bits per heavy atom. The van der Waals surface area contributed by atoms with Crippen molar-refractivity contribution >= 4 is 21.6 Å². The number of nitrogens with one attached hydrogen (secondary N) is 2. The Bertz CT molecular complexity index is 1680. The van der Waals surface area contributed by atoms with Crippen LogP contribution in [0, 0.1) is 12.7 Å². The summed E-state index contributed by atoms with van der Waals surface area (Å²) >= 11 is 0. The molecule has 0 spiro atoms. The molecule has 2 aromatic heterocycles. The number of pyridine rings is 1. The molecule has 42 heavy (non-hydrogen) atoms. The highest BCUT2D eigenvalue weighted by atomic mass is 32.2. The van der Waals surface area contributed by atoms with Crippen molar-refractivity contribution in [1.82, 2.24) is 24.4 Å². The van der Waals surface area contributed by atoms with E-state index in [-0.39, 0.29) is 30.8 Å². The first-order valence-electron chi connectivity index (χ1n) is 14.0. The van der Waals surface area contributed by atoms with E-state index < -0.39 is 22.2 Å². The first-order valence-corrected chi connectivity index (χ1v) is 15.4. The number of hydrogen-bond donors (Lipinski definition) is 2. The van der Waals surface area contributed by atoms with Crippen molar-refractivity contribution in [3.05, 3.63) is 78.5 Å². The van der Waals surface area contributed by atoms with E-state index in [1.807, 2.05) is 12.1 Å². The quantitative estimate of drug-likeness (QED) is 0.327. The van der Waals surface area contributed by atoms with Crippen LogP contribution in [0.1, 0.15) is 18.9 Å². The minimum atomic E-state index is -4.13. The van der Waals surface area contributed by atoms with Gasteiger partial charge in [-0.1, -0.05) is 0 Å². The van der Waals surface area contributed by atoms with Crippen LogP contribution in [0.3, 0.4) is 0 Å². The zero-order valence-electron chi connectivity index (χ0n) is 23.5. The number of piperazine rings is 1. The second-order valence-corrected chi connectivity index (χ2v) is 12.6. The smallest absolute Gasteiger partial charge is 0.301 e. The molecule has 12 heteroatoms. The molecule has 0 saturated carbocycles. The van der Waals surface area contributed by atoms with E-state index in [1.165, 1.54) is 6.07 Å². The van der Waals surface area contributed by atoms with Gasteiger partial charge in [-0.3, -0.25) is 9.71 Å². The number of nitrogens with zero attached hydrogens (tertiary/aromatic N) is 5. The first-order chi connectivity index (χ1) is 20.2. The van der Waals surface area contributed by atoms with Crippen LogP contribution in [0.5, 0.6) is 0 Å². The van der Waals surface area contributed by atoms with E-state index in [0.29, 0.717) is 22.9 Å². The summed E-state index contributed by atoms with van der Waals surface area (Å²) in [5, 5.41) is 8.29. The van der Waals surface area contributed by atoms with Crippen molar-refractivity contribution in [2.75, 3.05) is 42.3 Å². The highest BCUT2D eigenvalue weighted by molar-refractivity contribution is 7.90. The molecule has 2 N–H and O–H groups in total. The molecule has 2 saturated heterocycles. The van der Waals surface area contributed by atoms with Gasteiger partial charge in [-0.25, -0.2) is 13.5 Å². The lowest BCUT2D eigenvalue weighted by atomic mass is 9.99. The molecule has 2 aliphatic rings. The molecule has 0 unspecified atom stereocenters. The van der Waals surface area contributed by atoms with Gasteiger partial charge in [0.1, 0.15) is 11.9 Å². The summed E-state index contributed by atoms with van der Waals surface area (Å²) in [4.78, 5) is 6.44. The summed E-state index contributed by atoms with van der Waals surface area (Å²) in [6.07, 6.45) is 3.92. The molecule has 220 valence electrons. The predicted molar refractivity (Wildman–Crippen MR) is 160 cm³/mol. The molecule has 9 nitrogen and oxygen atoms in total. The first kappa shape index (κ1) is 28.3. The Kier molecular flexibility index (Phi) is 7.69. The van der Waals surface area contributed by atoms with E-state index in [4.69, 9.17) is 5.10 Å². The standard InChI is InChI=1S/C30H33F2N7O2S/c1-20-15-26(29(32)28(16-20)36-42(40,41)38-13-9-23(31)18-38)27-19-39(35-30(27)22-7-10-33-11-8-22)25-5-3-24(4-6-25)37-14-12-34-21(2)17-37/h3-8,10-11,15-16,19,21,23,34,36H,9,12-14,17-18H2,1-2H3/t21-,23-/m1/s1. The van der Waals surface area contributed by atoms with Crippen molar-refractivity contribution in [3.8, 4) is 28.1 Å². The second kappa shape index (κ2) is 11.4. The molecule has 0 aliphatic carbocycles. The predicted octanol–water partition coefficient (Wildman–Crippen LogP) is 4.55. The maximum Gasteiger partial charge on any atom is 0.301 e. The van der Waals surface area contributed by atoms with Crippen LogP contribution in [0.2, 0.25) is 0 Å². The maximum atomic E-state index is 16.2.